The number of rotatable bonds is 5. The van der Waals surface area contributed by atoms with Crippen LogP contribution in [-0.4, -0.2) is 32.9 Å². The smallest absolute Gasteiger partial charge is 0.206 e. The van der Waals surface area contributed by atoms with Gasteiger partial charge >= 0.3 is 0 Å². The lowest BCUT2D eigenvalue weighted by Crippen LogP contribution is -2.48. The molecule has 1 aliphatic carbocycles. The average molecular weight is 359 g/mol. The van der Waals surface area contributed by atoms with E-state index < -0.39 is 17.4 Å². The maximum Gasteiger partial charge on any atom is 0.206 e. The van der Waals surface area contributed by atoms with Crippen molar-refractivity contribution in [2.24, 2.45) is 0 Å². The molecule has 4 rings (SSSR count). The molecule has 1 saturated carbocycles. The molecule has 1 aliphatic rings. The van der Waals surface area contributed by atoms with Crippen LogP contribution in [0.25, 0.3) is 10.7 Å². The number of hydrogen-bond acceptors (Lipinski definition) is 6. The van der Waals surface area contributed by atoms with Crippen molar-refractivity contribution in [3.05, 3.63) is 54.2 Å². The van der Waals surface area contributed by atoms with Crippen LogP contribution in [-0.2, 0) is 5.41 Å². The lowest BCUT2D eigenvalue weighted by molar-refractivity contribution is 0.0965. The van der Waals surface area contributed by atoms with Crippen LogP contribution in [0.3, 0.4) is 0 Å². The van der Waals surface area contributed by atoms with Crippen LogP contribution in [0.4, 0.5) is 13.9 Å². The molecular weight excluding hydrogens is 344 g/mol. The second-order valence-electron chi connectivity index (χ2n) is 6.10. The van der Waals surface area contributed by atoms with Crippen molar-refractivity contribution in [2.75, 3.05) is 11.9 Å². The highest BCUT2D eigenvalue weighted by Gasteiger charge is 2.48. The summed E-state index contributed by atoms with van der Waals surface area (Å²) in [6.07, 6.45) is 2.80. The third-order valence-corrected chi connectivity index (χ3v) is 5.28. The fraction of sp³-hybridized carbons (Fsp3) is 0.294. The molecule has 0 bridgehead atoms. The minimum absolute atomic E-state index is 0.250. The second kappa shape index (κ2) is 6.44. The SMILES string of the molecule is Fc1cccnc1[C@]1(CNc2nnc(-c3ccccn3)s2)C[C@@H](F)C1. The van der Waals surface area contributed by atoms with Crippen LogP contribution in [0.15, 0.2) is 42.7 Å². The molecule has 8 heteroatoms. The van der Waals surface area contributed by atoms with Crippen LogP contribution in [0.5, 0.6) is 0 Å². The highest BCUT2D eigenvalue weighted by Crippen LogP contribution is 2.45. The zero-order chi connectivity index (χ0) is 17.3. The maximum atomic E-state index is 14.1. The Bertz CT molecular complexity index is 864. The van der Waals surface area contributed by atoms with E-state index in [4.69, 9.17) is 0 Å². The molecule has 3 heterocycles. The fourth-order valence-corrected chi connectivity index (χ4v) is 3.83. The molecule has 0 spiro atoms. The summed E-state index contributed by atoms with van der Waals surface area (Å²) >= 11 is 1.36. The van der Waals surface area contributed by atoms with E-state index in [1.165, 1.54) is 29.7 Å². The van der Waals surface area contributed by atoms with E-state index in [0.717, 1.165) is 5.69 Å². The van der Waals surface area contributed by atoms with Crippen molar-refractivity contribution >= 4 is 16.5 Å². The predicted molar refractivity (Wildman–Crippen MR) is 91.6 cm³/mol. The predicted octanol–water partition coefficient (Wildman–Crippen LogP) is 3.62. The molecule has 3 aromatic rings. The van der Waals surface area contributed by atoms with Crippen LogP contribution in [0.2, 0.25) is 0 Å². The number of nitrogens with one attached hydrogen (secondary N) is 1. The van der Waals surface area contributed by atoms with E-state index in [2.05, 4.69) is 25.5 Å². The highest BCUT2D eigenvalue weighted by atomic mass is 32.1. The minimum Gasteiger partial charge on any atom is -0.359 e. The molecule has 1 N–H and O–H groups in total. The Labute approximate surface area is 147 Å². The Morgan fingerprint density at radius 1 is 1.12 bits per heavy atom. The first-order valence-corrected chi connectivity index (χ1v) is 8.72. The van der Waals surface area contributed by atoms with Gasteiger partial charge < -0.3 is 5.32 Å². The number of halogens is 2. The quantitative estimate of drug-likeness (QED) is 0.754. The number of hydrogen-bond donors (Lipinski definition) is 1. The molecule has 0 saturated heterocycles. The summed E-state index contributed by atoms with van der Waals surface area (Å²) < 4.78 is 27.7. The number of pyridine rings is 2. The van der Waals surface area contributed by atoms with Gasteiger partial charge in [-0.2, -0.15) is 0 Å². The van der Waals surface area contributed by atoms with E-state index in [1.54, 1.807) is 6.20 Å². The van der Waals surface area contributed by atoms with Gasteiger partial charge in [0.25, 0.3) is 0 Å². The lowest BCUT2D eigenvalue weighted by Gasteiger charge is -2.43. The van der Waals surface area contributed by atoms with Gasteiger partial charge in [0.05, 0.1) is 5.69 Å². The number of anilines is 1. The van der Waals surface area contributed by atoms with Gasteiger partial charge in [0.1, 0.15) is 17.7 Å². The average Bonchev–Trinajstić information content (AvgIpc) is 3.08. The van der Waals surface area contributed by atoms with Crippen molar-refractivity contribution in [2.45, 2.75) is 24.4 Å². The molecule has 0 aromatic carbocycles. The molecular formula is C17H15F2N5S. The Balaban J connectivity index is 1.52. The van der Waals surface area contributed by atoms with Gasteiger partial charge in [-0.15, -0.1) is 10.2 Å². The standard InChI is InChI=1S/C17H15F2N5S/c18-11-8-17(9-11,14-12(19)4-3-7-21-14)10-22-16-24-23-15(25-16)13-5-1-2-6-20-13/h1-7,11H,8-10H2,(H,22,24)/t11-,17-. The second-order valence-corrected chi connectivity index (χ2v) is 7.08. The molecule has 3 aromatic heterocycles. The molecule has 128 valence electrons. The molecule has 0 atom stereocenters. The lowest BCUT2D eigenvalue weighted by atomic mass is 9.65. The molecule has 0 aliphatic heterocycles. The highest BCUT2D eigenvalue weighted by molar-refractivity contribution is 7.18. The third-order valence-electron chi connectivity index (χ3n) is 4.37. The molecule has 0 unspecified atom stereocenters. The number of nitrogens with zero attached hydrogens (tertiary/aromatic N) is 4. The summed E-state index contributed by atoms with van der Waals surface area (Å²) in [6.45, 7) is 0.359. The van der Waals surface area contributed by atoms with Gasteiger partial charge in [-0.3, -0.25) is 9.97 Å². The van der Waals surface area contributed by atoms with Gasteiger partial charge in [-0.1, -0.05) is 17.4 Å². The van der Waals surface area contributed by atoms with Crippen molar-refractivity contribution in [3.8, 4) is 10.7 Å². The monoisotopic (exact) mass is 359 g/mol. The van der Waals surface area contributed by atoms with Crippen molar-refractivity contribution in [1.82, 2.24) is 20.2 Å². The van der Waals surface area contributed by atoms with Gasteiger partial charge in [0.2, 0.25) is 5.13 Å². The zero-order valence-corrected chi connectivity index (χ0v) is 14.0. The van der Waals surface area contributed by atoms with Gasteiger partial charge in [-0.25, -0.2) is 8.78 Å². The Kier molecular flexibility index (Phi) is 4.12. The molecule has 1 fully saturated rings. The largest absolute Gasteiger partial charge is 0.359 e. The summed E-state index contributed by atoms with van der Waals surface area (Å²) in [5.41, 5.74) is 0.401. The fourth-order valence-electron chi connectivity index (χ4n) is 3.12. The van der Waals surface area contributed by atoms with Crippen LogP contribution >= 0.6 is 11.3 Å². The van der Waals surface area contributed by atoms with Gasteiger partial charge in [0.15, 0.2) is 5.01 Å². The number of alkyl halides is 1. The molecule has 5 nitrogen and oxygen atoms in total. The Morgan fingerprint density at radius 2 is 1.96 bits per heavy atom. The van der Waals surface area contributed by atoms with E-state index in [1.807, 2.05) is 18.2 Å². The molecule has 0 amide bonds. The maximum absolute atomic E-state index is 14.1. The first kappa shape index (κ1) is 16.0. The van der Waals surface area contributed by atoms with Crippen molar-refractivity contribution < 1.29 is 8.78 Å². The van der Waals surface area contributed by atoms with E-state index in [0.29, 0.717) is 22.4 Å². The summed E-state index contributed by atoms with van der Waals surface area (Å²) in [7, 11) is 0. The summed E-state index contributed by atoms with van der Waals surface area (Å²) in [5.74, 6) is -0.400. The summed E-state index contributed by atoms with van der Waals surface area (Å²) in [5, 5.41) is 12.7. The summed E-state index contributed by atoms with van der Waals surface area (Å²) in [6, 6.07) is 8.47. The topological polar surface area (TPSA) is 63.6 Å². The van der Waals surface area contributed by atoms with E-state index in [-0.39, 0.29) is 12.8 Å². The van der Waals surface area contributed by atoms with E-state index in [9.17, 15) is 8.78 Å². The molecule has 0 radical (unpaired) electrons. The van der Waals surface area contributed by atoms with Crippen molar-refractivity contribution in [1.29, 1.82) is 0 Å². The van der Waals surface area contributed by atoms with Gasteiger partial charge in [-0.05, 0) is 37.1 Å². The molecule has 25 heavy (non-hydrogen) atoms. The Hall–Kier alpha value is -2.48. The van der Waals surface area contributed by atoms with Crippen LogP contribution in [0, 0.1) is 5.82 Å². The first-order chi connectivity index (χ1) is 12.2. The minimum atomic E-state index is -0.929. The zero-order valence-electron chi connectivity index (χ0n) is 13.2. The van der Waals surface area contributed by atoms with Gasteiger partial charge in [0, 0.05) is 24.4 Å². The first-order valence-electron chi connectivity index (χ1n) is 7.90. The van der Waals surface area contributed by atoms with Crippen LogP contribution in [0.1, 0.15) is 18.5 Å². The normalized spacial score (nSPS) is 22.4. The van der Waals surface area contributed by atoms with Crippen molar-refractivity contribution in [3.63, 3.8) is 0 Å². The van der Waals surface area contributed by atoms with Crippen LogP contribution < -0.4 is 5.32 Å². The number of aromatic nitrogens is 4. The third kappa shape index (κ3) is 3.09. The van der Waals surface area contributed by atoms with E-state index >= 15 is 0 Å². The summed E-state index contributed by atoms with van der Waals surface area (Å²) in [4.78, 5) is 8.39. The Morgan fingerprint density at radius 3 is 2.68 bits per heavy atom.